The first kappa shape index (κ1) is 22.8. The van der Waals surface area contributed by atoms with Crippen LogP contribution in [0.4, 0.5) is 4.39 Å². The molecule has 3 N–H and O–H groups in total. The average molecular weight is 488 g/mol. The number of methoxy groups -OCH3 is 1. The highest BCUT2D eigenvalue weighted by Crippen LogP contribution is 2.46. The van der Waals surface area contributed by atoms with Crippen LogP contribution in [0.25, 0.3) is 22.3 Å². The fraction of sp³-hybridized carbons (Fsp3) is 0.375. The largest absolute Gasteiger partial charge is 0.493 e. The predicted molar refractivity (Wildman–Crippen MR) is 124 cm³/mol. The standard InChI is InChI=1S/C24H22FN3O5.ClH/c1-3-24(31)13-6-17-20-11(8-28(17)22(29)12(13)9-33-23(24)30)18-15(26)5-4-10-19(18)16(27-20)7-14(25)21(10)32-2;/h6-7,15,31H,3-5,8-9,26H2,1-2H3;1H/t15?,24-;/m0./s1. The Kier molecular flexibility index (Phi) is 5.02. The van der Waals surface area contributed by atoms with Gasteiger partial charge in [0.2, 0.25) is 0 Å². The van der Waals surface area contributed by atoms with E-state index in [1.807, 2.05) is 0 Å². The van der Waals surface area contributed by atoms with Crippen LogP contribution in [0, 0.1) is 5.82 Å². The predicted octanol–water partition coefficient (Wildman–Crippen LogP) is 2.60. The van der Waals surface area contributed by atoms with Crippen molar-refractivity contribution in [2.75, 3.05) is 7.11 Å². The van der Waals surface area contributed by atoms with Crippen molar-refractivity contribution in [2.24, 2.45) is 5.73 Å². The Morgan fingerprint density at radius 1 is 1.32 bits per heavy atom. The number of cyclic esters (lactones) is 1. The lowest BCUT2D eigenvalue weighted by molar-refractivity contribution is -0.172. The van der Waals surface area contributed by atoms with E-state index >= 15 is 0 Å². The second kappa shape index (κ2) is 7.49. The highest BCUT2D eigenvalue weighted by atomic mass is 35.5. The van der Waals surface area contributed by atoms with Crippen molar-refractivity contribution in [3.63, 3.8) is 0 Å². The highest BCUT2D eigenvalue weighted by molar-refractivity contribution is 5.94. The lowest BCUT2D eigenvalue weighted by Gasteiger charge is -2.31. The molecule has 0 saturated heterocycles. The SMILES string of the molecule is CC[C@@]1(O)C(=O)OCc2c1cc1n(c2=O)Cc2c-1nc1cc(F)c(OC)c3c1c2C(N)CC3.Cl. The van der Waals surface area contributed by atoms with E-state index in [4.69, 9.17) is 20.2 Å². The van der Waals surface area contributed by atoms with Crippen molar-refractivity contribution in [1.29, 1.82) is 0 Å². The molecule has 4 heterocycles. The maximum atomic E-state index is 14.8. The number of nitrogens with zero attached hydrogens (tertiary/aromatic N) is 2. The molecule has 2 aliphatic heterocycles. The number of aryl methyl sites for hydroxylation is 1. The van der Waals surface area contributed by atoms with Gasteiger partial charge in [-0.15, -0.1) is 12.4 Å². The van der Waals surface area contributed by atoms with Crippen LogP contribution in [0.1, 0.15) is 53.6 Å². The van der Waals surface area contributed by atoms with Crippen molar-refractivity contribution in [1.82, 2.24) is 9.55 Å². The van der Waals surface area contributed by atoms with Crippen LogP contribution in [-0.4, -0.2) is 27.7 Å². The number of rotatable bonds is 2. The minimum absolute atomic E-state index is 0. The molecule has 0 amide bonds. The van der Waals surface area contributed by atoms with Gasteiger partial charge in [0.15, 0.2) is 17.2 Å². The summed E-state index contributed by atoms with van der Waals surface area (Å²) in [5.41, 5.74) is 8.60. The Hall–Kier alpha value is -3.01. The quantitative estimate of drug-likeness (QED) is 0.417. The molecule has 1 aromatic carbocycles. The van der Waals surface area contributed by atoms with Gasteiger partial charge in [0.25, 0.3) is 5.56 Å². The summed E-state index contributed by atoms with van der Waals surface area (Å²) in [7, 11) is 1.44. The summed E-state index contributed by atoms with van der Waals surface area (Å²) in [6.45, 7) is 1.71. The fourth-order valence-corrected chi connectivity index (χ4v) is 5.62. The van der Waals surface area contributed by atoms with Gasteiger partial charge in [-0.1, -0.05) is 6.92 Å². The molecule has 0 bridgehead atoms. The van der Waals surface area contributed by atoms with Crippen LogP contribution >= 0.6 is 12.4 Å². The summed E-state index contributed by atoms with van der Waals surface area (Å²) >= 11 is 0. The molecule has 8 nitrogen and oxygen atoms in total. The maximum Gasteiger partial charge on any atom is 0.343 e. The van der Waals surface area contributed by atoms with Crippen LogP contribution in [0.5, 0.6) is 5.75 Å². The molecule has 1 aliphatic carbocycles. The van der Waals surface area contributed by atoms with Gasteiger partial charge in [-0.3, -0.25) is 4.79 Å². The molecular weight excluding hydrogens is 465 g/mol. The second-order valence-corrected chi connectivity index (χ2v) is 8.87. The summed E-state index contributed by atoms with van der Waals surface area (Å²) in [6, 6.07) is 2.68. The molecule has 2 aromatic heterocycles. The van der Waals surface area contributed by atoms with E-state index in [-0.39, 0.29) is 60.5 Å². The number of nitrogens with two attached hydrogens (primary N) is 1. The molecule has 178 valence electrons. The topological polar surface area (TPSA) is 117 Å². The monoisotopic (exact) mass is 487 g/mol. The van der Waals surface area contributed by atoms with E-state index in [0.29, 0.717) is 29.7 Å². The van der Waals surface area contributed by atoms with Crippen molar-refractivity contribution in [3.05, 3.63) is 56.1 Å². The van der Waals surface area contributed by atoms with Crippen LogP contribution in [0.2, 0.25) is 0 Å². The van der Waals surface area contributed by atoms with E-state index in [1.54, 1.807) is 17.6 Å². The summed E-state index contributed by atoms with van der Waals surface area (Å²) < 4.78 is 26.8. The molecular formula is C24H23ClFN3O5. The van der Waals surface area contributed by atoms with Gasteiger partial charge in [-0.25, -0.2) is 14.2 Å². The van der Waals surface area contributed by atoms with Gasteiger partial charge in [-0.2, -0.15) is 0 Å². The first-order valence-electron chi connectivity index (χ1n) is 10.9. The molecule has 10 heteroatoms. The van der Waals surface area contributed by atoms with Crippen LogP contribution in [-0.2, 0) is 34.7 Å². The first-order valence-corrected chi connectivity index (χ1v) is 10.9. The number of aromatic nitrogens is 2. The number of benzene rings is 1. The average Bonchev–Trinajstić information content (AvgIpc) is 3.17. The minimum Gasteiger partial charge on any atom is -0.493 e. The number of fused-ring (bicyclic) bond motifs is 5. The third-order valence-electron chi connectivity index (χ3n) is 7.31. The van der Waals surface area contributed by atoms with Crippen LogP contribution in [0.3, 0.4) is 0 Å². The lowest BCUT2D eigenvalue weighted by Crippen LogP contribution is -2.44. The number of ether oxygens (including phenoxy) is 2. The van der Waals surface area contributed by atoms with Gasteiger partial charge < -0.3 is 24.9 Å². The second-order valence-electron chi connectivity index (χ2n) is 8.87. The van der Waals surface area contributed by atoms with Crippen molar-refractivity contribution >= 4 is 29.3 Å². The Balaban J connectivity index is 0.00000241. The third kappa shape index (κ3) is 2.68. The molecule has 3 aromatic rings. The smallest absolute Gasteiger partial charge is 0.343 e. The zero-order valence-corrected chi connectivity index (χ0v) is 19.4. The zero-order valence-electron chi connectivity index (χ0n) is 18.6. The number of esters is 1. The number of aliphatic hydroxyl groups is 1. The van der Waals surface area contributed by atoms with Gasteiger partial charge in [0, 0.05) is 34.2 Å². The maximum absolute atomic E-state index is 14.8. The Bertz CT molecular complexity index is 1470. The van der Waals surface area contributed by atoms with Crippen molar-refractivity contribution in [3.8, 4) is 17.1 Å². The molecule has 0 saturated carbocycles. The van der Waals surface area contributed by atoms with Crippen molar-refractivity contribution in [2.45, 2.75) is 51.0 Å². The number of hydrogen-bond acceptors (Lipinski definition) is 7. The van der Waals surface area contributed by atoms with E-state index in [2.05, 4.69) is 0 Å². The first-order chi connectivity index (χ1) is 15.8. The number of halogens is 2. The molecule has 1 unspecified atom stereocenters. The van der Waals surface area contributed by atoms with E-state index in [9.17, 15) is 19.1 Å². The van der Waals surface area contributed by atoms with Gasteiger partial charge in [0.05, 0.1) is 36.1 Å². The number of hydrogen-bond donors (Lipinski definition) is 2. The Morgan fingerprint density at radius 2 is 2.09 bits per heavy atom. The molecule has 6 rings (SSSR count). The summed E-state index contributed by atoms with van der Waals surface area (Å²) in [5.74, 6) is -1.08. The molecule has 3 aliphatic rings. The van der Waals surface area contributed by atoms with E-state index in [1.165, 1.54) is 13.2 Å². The van der Waals surface area contributed by atoms with Gasteiger partial charge in [-0.05, 0) is 30.9 Å². The van der Waals surface area contributed by atoms with E-state index in [0.717, 1.165) is 22.1 Å². The molecule has 0 spiro atoms. The molecule has 0 fully saturated rings. The fourth-order valence-electron chi connectivity index (χ4n) is 5.62. The summed E-state index contributed by atoms with van der Waals surface area (Å²) in [6.07, 6.45) is 1.23. The van der Waals surface area contributed by atoms with Crippen LogP contribution < -0.4 is 16.0 Å². The highest BCUT2D eigenvalue weighted by Gasteiger charge is 2.45. The number of carbonyl (C=O) groups is 1. The number of carbonyl (C=O) groups excluding carboxylic acids is 1. The number of pyridine rings is 2. The van der Waals surface area contributed by atoms with E-state index < -0.39 is 17.4 Å². The lowest BCUT2D eigenvalue weighted by atomic mass is 9.83. The summed E-state index contributed by atoms with van der Waals surface area (Å²) in [4.78, 5) is 30.5. The normalized spacial score (nSPS) is 21.9. The van der Waals surface area contributed by atoms with Gasteiger partial charge in [0.1, 0.15) is 6.61 Å². The minimum atomic E-state index is -1.90. The third-order valence-corrected chi connectivity index (χ3v) is 7.31. The molecule has 34 heavy (non-hydrogen) atoms. The summed E-state index contributed by atoms with van der Waals surface area (Å²) in [5, 5.41) is 11.8. The Labute approximate surface area is 199 Å². The van der Waals surface area contributed by atoms with Gasteiger partial charge >= 0.3 is 5.97 Å². The zero-order chi connectivity index (χ0) is 23.2. The Morgan fingerprint density at radius 3 is 2.79 bits per heavy atom. The molecule has 2 atom stereocenters. The van der Waals surface area contributed by atoms with Crippen molar-refractivity contribution < 1.29 is 23.8 Å². The molecule has 0 radical (unpaired) electrons. The van der Waals surface area contributed by atoms with Crippen LogP contribution in [0.15, 0.2) is 16.9 Å².